The average molecular weight is 270 g/mol. The van der Waals surface area contributed by atoms with Gasteiger partial charge in [-0.15, -0.1) is 0 Å². The van der Waals surface area contributed by atoms with E-state index in [1.54, 1.807) is 6.92 Å². The fraction of sp³-hybridized carbons (Fsp3) is 0.600. The second-order valence-electron chi connectivity index (χ2n) is 4.94. The molecule has 0 aromatic heterocycles. The quantitative estimate of drug-likeness (QED) is 0.834. The normalized spacial score (nSPS) is 14.3. The third-order valence-electron chi connectivity index (χ3n) is 3.41. The number of aliphatic hydroxyl groups is 1. The second-order valence-corrected chi connectivity index (χ2v) is 5.35. The Balaban J connectivity index is 2.93. The summed E-state index contributed by atoms with van der Waals surface area (Å²) < 4.78 is 0. The molecule has 0 saturated carbocycles. The predicted octanol–water partition coefficient (Wildman–Crippen LogP) is 4.27. The lowest BCUT2D eigenvalue weighted by atomic mass is 10.1. The van der Waals surface area contributed by atoms with E-state index in [0.29, 0.717) is 5.92 Å². The van der Waals surface area contributed by atoms with Crippen molar-refractivity contribution in [2.24, 2.45) is 5.92 Å². The predicted molar refractivity (Wildman–Crippen MR) is 79.4 cm³/mol. The minimum atomic E-state index is -0.471. The van der Waals surface area contributed by atoms with Gasteiger partial charge in [0.2, 0.25) is 0 Å². The third-order valence-corrected chi connectivity index (χ3v) is 3.71. The molecule has 2 nitrogen and oxygen atoms in total. The fourth-order valence-corrected chi connectivity index (χ4v) is 2.25. The molecule has 0 saturated heterocycles. The molecule has 0 bridgehead atoms. The van der Waals surface area contributed by atoms with Gasteiger partial charge in [-0.2, -0.15) is 0 Å². The van der Waals surface area contributed by atoms with E-state index >= 15 is 0 Å². The van der Waals surface area contributed by atoms with Crippen LogP contribution in [0.25, 0.3) is 0 Å². The Morgan fingerprint density at radius 1 is 1.28 bits per heavy atom. The molecule has 2 atom stereocenters. The van der Waals surface area contributed by atoms with Gasteiger partial charge in [0.05, 0.1) is 16.8 Å². The van der Waals surface area contributed by atoms with E-state index in [-0.39, 0.29) is 0 Å². The van der Waals surface area contributed by atoms with Crippen molar-refractivity contribution in [3.05, 3.63) is 28.8 Å². The highest BCUT2D eigenvalue weighted by molar-refractivity contribution is 6.33. The van der Waals surface area contributed by atoms with Crippen LogP contribution in [0.15, 0.2) is 18.2 Å². The summed E-state index contributed by atoms with van der Waals surface area (Å²) in [6.07, 6.45) is 0.695. The first-order valence-electron chi connectivity index (χ1n) is 6.72. The third kappa shape index (κ3) is 3.89. The standard InChI is InChI=1S/C15H24ClNO/c1-5-11(3)10-17(6-2)15-8-7-13(12(4)18)9-14(15)16/h7-9,11-12,18H,5-6,10H2,1-4H3/t11?,12-/m1/s1. The molecule has 0 fully saturated rings. The largest absolute Gasteiger partial charge is 0.389 e. The Labute approximate surface area is 116 Å². The summed E-state index contributed by atoms with van der Waals surface area (Å²) in [6.45, 7) is 10.3. The number of benzene rings is 1. The number of hydrogen-bond donors (Lipinski definition) is 1. The molecule has 3 heteroatoms. The Bertz CT molecular complexity index is 379. The van der Waals surface area contributed by atoms with Crippen LogP contribution < -0.4 is 4.90 Å². The topological polar surface area (TPSA) is 23.5 Å². The highest BCUT2D eigenvalue weighted by Gasteiger charge is 2.13. The first-order chi connectivity index (χ1) is 8.49. The van der Waals surface area contributed by atoms with E-state index in [1.807, 2.05) is 18.2 Å². The molecule has 18 heavy (non-hydrogen) atoms. The van der Waals surface area contributed by atoms with Crippen molar-refractivity contribution in [2.45, 2.75) is 40.2 Å². The van der Waals surface area contributed by atoms with E-state index in [1.165, 1.54) is 6.42 Å². The van der Waals surface area contributed by atoms with Crippen molar-refractivity contribution >= 4 is 17.3 Å². The molecule has 0 aliphatic carbocycles. The molecule has 1 aromatic rings. The lowest BCUT2D eigenvalue weighted by molar-refractivity contribution is 0.199. The van der Waals surface area contributed by atoms with Gasteiger partial charge in [-0.3, -0.25) is 0 Å². The van der Waals surface area contributed by atoms with E-state index < -0.39 is 6.10 Å². The van der Waals surface area contributed by atoms with Crippen LogP contribution in [0.2, 0.25) is 5.02 Å². The minimum Gasteiger partial charge on any atom is -0.389 e. The van der Waals surface area contributed by atoms with Crippen LogP contribution in [0.3, 0.4) is 0 Å². The van der Waals surface area contributed by atoms with Gasteiger partial charge in [-0.1, -0.05) is 37.9 Å². The molecule has 0 aliphatic rings. The van der Waals surface area contributed by atoms with Gasteiger partial charge in [0.25, 0.3) is 0 Å². The molecule has 0 aliphatic heterocycles. The van der Waals surface area contributed by atoms with Gasteiger partial charge in [0, 0.05) is 13.1 Å². The van der Waals surface area contributed by atoms with Crippen LogP contribution >= 0.6 is 11.6 Å². The number of nitrogens with zero attached hydrogens (tertiary/aromatic N) is 1. The van der Waals surface area contributed by atoms with Crippen molar-refractivity contribution in [3.8, 4) is 0 Å². The molecule has 1 aromatic carbocycles. The van der Waals surface area contributed by atoms with Gasteiger partial charge < -0.3 is 10.0 Å². The molecule has 1 rings (SSSR count). The fourth-order valence-electron chi connectivity index (χ4n) is 1.94. The molecule has 1 unspecified atom stereocenters. The highest BCUT2D eigenvalue weighted by Crippen LogP contribution is 2.29. The summed E-state index contributed by atoms with van der Waals surface area (Å²) in [7, 11) is 0. The summed E-state index contributed by atoms with van der Waals surface area (Å²) >= 11 is 6.32. The van der Waals surface area contributed by atoms with Crippen LogP contribution in [-0.4, -0.2) is 18.2 Å². The molecule has 0 radical (unpaired) electrons. The van der Waals surface area contributed by atoms with E-state index in [4.69, 9.17) is 11.6 Å². The lowest BCUT2D eigenvalue weighted by Crippen LogP contribution is -2.28. The average Bonchev–Trinajstić information content (AvgIpc) is 2.35. The summed E-state index contributed by atoms with van der Waals surface area (Å²) in [5, 5.41) is 10.3. The second kappa shape index (κ2) is 7.01. The van der Waals surface area contributed by atoms with E-state index in [9.17, 15) is 5.11 Å². The summed E-state index contributed by atoms with van der Waals surface area (Å²) in [4.78, 5) is 2.29. The van der Waals surface area contributed by atoms with Crippen molar-refractivity contribution in [3.63, 3.8) is 0 Å². The molecule has 0 amide bonds. The van der Waals surface area contributed by atoms with Crippen molar-refractivity contribution < 1.29 is 5.11 Å². The molecule has 1 N–H and O–H groups in total. The monoisotopic (exact) mass is 269 g/mol. The van der Waals surface area contributed by atoms with Crippen molar-refractivity contribution in [2.75, 3.05) is 18.0 Å². The Kier molecular flexibility index (Phi) is 5.97. The maximum atomic E-state index is 9.55. The van der Waals surface area contributed by atoms with Crippen molar-refractivity contribution in [1.29, 1.82) is 0 Å². The van der Waals surface area contributed by atoms with E-state index in [0.717, 1.165) is 29.4 Å². The number of halogens is 1. The molecule has 0 spiro atoms. The van der Waals surface area contributed by atoms with Crippen molar-refractivity contribution in [1.82, 2.24) is 0 Å². The Hall–Kier alpha value is -0.730. The maximum Gasteiger partial charge on any atom is 0.0762 e. The lowest BCUT2D eigenvalue weighted by Gasteiger charge is -2.27. The summed E-state index contributed by atoms with van der Waals surface area (Å²) in [5.74, 6) is 0.650. The molecular weight excluding hydrogens is 246 g/mol. The number of aliphatic hydroxyl groups excluding tert-OH is 1. The van der Waals surface area contributed by atoms with Gasteiger partial charge in [0.1, 0.15) is 0 Å². The zero-order valence-electron chi connectivity index (χ0n) is 11.8. The highest BCUT2D eigenvalue weighted by atomic mass is 35.5. The van der Waals surface area contributed by atoms with Gasteiger partial charge >= 0.3 is 0 Å². The first kappa shape index (κ1) is 15.3. The Morgan fingerprint density at radius 3 is 2.39 bits per heavy atom. The van der Waals surface area contributed by atoms with Gasteiger partial charge in [0.15, 0.2) is 0 Å². The Morgan fingerprint density at radius 2 is 1.94 bits per heavy atom. The molecule has 102 valence electrons. The zero-order valence-corrected chi connectivity index (χ0v) is 12.5. The minimum absolute atomic E-state index is 0.471. The van der Waals surface area contributed by atoms with E-state index in [2.05, 4.69) is 25.7 Å². The summed E-state index contributed by atoms with van der Waals surface area (Å²) in [6, 6.07) is 5.82. The smallest absolute Gasteiger partial charge is 0.0762 e. The number of anilines is 1. The van der Waals surface area contributed by atoms with Crippen LogP contribution in [0.4, 0.5) is 5.69 Å². The molecular formula is C15H24ClNO. The van der Waals surface area contributed by atoms with Crippen LogP contribution in [0.5, 0.6) is 0 Å². The number of hydrogen-bond acceptors (Lipinski definition) is 2. The van der Waals surface area contributed by atoms with Gasteiger partial charge in [-0.25, -0.2) is 0 Å². The molecule has 0 heterocycles. The van der Waals surface area contributed by atoms with Crippen LogP contribution in [-0.2, 0) is 0 Å². The summed E-state index contributed by atoms with van der Waals surface area (Å²) in [5.41, 5.74) is 1.92. The first-order valence-corrected chi connectivity index (χ1v) is 7.09. The SMILES string of the molecule is CCC(C)CN(CC)c1ccc([C@@H](C)O)cc1Cl. The number of rotatable bonds is 6. The maximum absolute atomic E-state index is 9.55. The van der Waals surface area contributed by atoms with Gasteiger partial charge in [-0.05, 0) is 37.5 Å². The van der Waals surface area contributed by atoms with Crippen LogP contribution in [0, 0.1) is 5.92 Å². The van der Waals surface area contributed by atoms with Crippen LogP contribution in [0.1, 0.15) is 45.8 Å². The zero-order chi connectivity index (χ0) is 13.7.